The molecule has 0 unspecified atom stereocenters. The van der Waals surface area contributed by atoms with Gasteiger partial charge in [0, 0.05) is 5.56 Å². The number of ether oxygens (including phenoxy) is 1. The third-order valence-corrected chi connectivity index (χ3v) is 5.01. The Morgan fingerprint density at radius 3 is 2.27 bits per heavy atom. The van der Waals surface area contributed by atoms with E-state index in [9.17, 15) is 26.4 Å². The molecule has 0 saturated carbocycles. The monoisotopic (exact) mass is 408 g/mol. The van der Waals surface area contributed by atoms with Gasteiger partial charge >= 0.3 is 16.3 Å². The lowest BCUT2D eigenvalue weighted by Crippen LogP contribution is -2.13. The fourth-order valence-electron chi connectivity index (χ4n) is 1.99. The van der Waals surface area contributed by atoms with E-state index in [2.05, 4.69) is 0 Å². The summed E-state index contributed by atoms with van der Waals surface area (Å²) in [6.45, 7) is 1.30. The first-order valence-electron chi connectivity index (χ1n) is 6.96. The van der Waals surface area contributed by atoms with E-state index in [0.29, 0.717) is 12.1 Å². The highest BCUT2D eigenvalue weighted by atomic mass is 35.5. The first kappa shape index (κ1) is 20.1. The summed E-state index contributed by atoms with van der Waals surface area (Å²) >= 11 is 5.74. The van der Waals surface area contributed by atoms with Crippen molar-refractivity contribution in [1.82, 2.24) is 0 Å². The topological polar surface area (TPSA) is 69.7 Å². The molecule has 2 aromatic rings. The smallest absolute Gasteiger partial charge is 0.416 e. The summed E-state index contributed by atoms with van der Waals surface area (Å²) in [5, 5.41) is -0.433. The summed E-state index contributed by atoms with van der Waals surface area (Å²) in [6, 6.07) is 5.56. The number of methoxy groups -OCH3 is 1. The van der Waals surface area contributed by atoms with Gasteiger partial charge in [-0.05, 0) is 43.3 Å². The summed E-state index contributed by atoms with van der Waals surface area (Å²) in [4.78, 5) is 10.5. The predicted octanol–water partition coefficient (Wildman–Crippen LogP) is 4.34. The van der Waals surface area contributed by atoms with E-state index < -0.39 is 31.8 Å². The maximum atomic E-state index is 12.8. The summed E-state index contributed by atoms with van der Waals surface area (Å²) in [6.07, 6.45) is -4.75. The number of hydrogen-bond acceptors (Lipinski definition) is 5. The molecule has 0 N–H and O–H groups in total. The Morgan fingerprint density at radius 2 is 1.73 bits per heavy atom. The average Bonchev–Trinajstić information content (AvgIpc) is 2.53. The maximum Gasteiger partial charge on any atom is 0.416 e. The minimum atomic E-state index is -4.75. The lowest BCUT2D eigenvalue weighted by Gasteiger charge is -2.14. The van der Waals surface area contributed by atoms with Crippen LogP contribution in [0, 0.1) is 0 Å². The van der Waals surface area contributed by atoms with Crippen LogP contribution >= 0.6 is 11.6 Å². The molecule has 0 saturated heterocycles. The van der Waals surface area contributed by atoms with E-state index in [-0.39, 0.29) is 22.8 Å². The van der Waals surface area contributed by atoms with Crippen molar-refractivity contribution in [3.05, 3.63) is 52.5 Å². The lowest BCUT2D eigenvalue weighted by molar-refractivity contribution is -0.137. The van der Waals surface area contributed by atoms with E-state index in [4.69, 9.17) is 20.5 Å². The zero-order chi connectivity index (χ0) is 19.7. The van der Waals surface area contributed by atoms with E-state index in [1.807, 2.05) is 0 Å². The first-order chi connectivity index (χ1) is 12.0. The number of benzene rings is 2. The second kappa shape index (κ2) is 7.16. The van der Waals surface area contributed by atoms with E-state index >= 15 is 0 Å². The van der Waals surface area contributed by atoms with Gasteiger partial charge < -0.3 is 8.92 Å². The van der Waals surface area contributed by atoms with Crippen molar-refractivity contribution in [2.24, 2.45) is 0 Å². The third-order valence-electron chi connectivity index (χ3n) is 3.30. The van der Waals surface area contributed by atoms with Gasteiger partial charge in [-0.2, -0.15) is 21.6 Å². The molecule has 2 rings (SSSR count). The lowest BCUT2D eigenvalue weighted by atomic mass is 10.1. The van der Waals surface area contributed by atoms with Gasteiger partial charge in [0.05, 0.1) is 17.7 Å². The Balaban J connectivity index is 2.48. The molecule has 0 radical (unpaired) electrons. The highest BCUT2D eigenvalue weighted by molar-refractivity contribution is 7.87. The second-order valence-electron chi connectivity index (χ2n) is 5.10. The number of halogens is 4. The molecule has 0 atom stereocenters. The second-order valence-corrected chi connectivity index (χ2v) is 7.02. The molecule has 0 aliphatic rings. The SMILES string of the molecule is COc1cc(C(C)=O)ccc1OS(=O)(=O)c1cc(C(F)(F)F)ccc1Cl. The van der Waals surface area contributed by atoms with Crippen LogP contribution in [0.3, 0.4) is 0 Å². The van der Waals surface area contributed by atoms with Crippen molar-refractivity contribution < 1.29 is 35.3 Å². The Labute approximate surface area is 152 Å². The Hall–Kier alpha value is -2.26. The van der Waals surface area contributed by atoms with Gasteiger partial charge in [0.15, 0.2) is 17.3 Å². The van der Waals surface area contributed by atoms with Crippen LogP contribution in [-0.2, 0) is 16.3 Å². The van der Waals surface area contributed by atoms with Gasteiger partial charge in [-0.3, -0.25) is 4.79 Å². The van der Waals surface area contributed by atoms with Crippen LogP contribution in [-0.4, -0.2) is 21.3 Å². The molecule has 26 heavy (non-hydrogen) atoms. The van der Waals surface area contributed by atoms with Crippen LogP contribution in [0.2, 0.25) is 5.02 Å². The minimum Gasteiger partial charge on any atom is -0.493 e. The molecule has 0 spiro atoms. The molecule has 0 aromatic heterocycles. The maximum absolute atomic E-state index is 12.8. The van der Waals surface area contributed by atoms with Crippen LogP contribution in [0.1, 0.15) is 22.8 Å². The van der Waals surface area contributed by atoms with Gasteiger partial charge in [0.25, 0.3) is 0 Å². The van der Waals surface area contributed by atoms with Crippen LogP contribution in [0.4, 0.5) is 13.2 Å². The summed E-state index contributed by atoms with van der Waals surface area (Å²) in [7, 11) is -3.47. The highest BCUT2D eigenvalue weighted by Crippen LogP contribution is 2.36. The predicted molar refractivity (Wildman–Crippen MR) is 87.3 cm³/mol. The Bertz CT molecular complexity index is 955. The minimum absolute atomic E-state index is 0.0793. The van der Waals surface area contributed by atoms with Crippen molar-refractivity contribution in [1.29, 1.82) is 0 Å². The summed E-state index contributed by atoms with van der Waals surface area (Å²) in [5.74, 6) is -0.672. The van der Waals surface area contributed by atoms with Crippen molar-refractivity contribution in [3.63, 3.8) is 0 Å². The molecule has 0 amide bonds. The van der Waals surface area contributed by atoms with Crippen molar-refractivity contribution >= 4 is 27.5 Å². The third kappa shape index (κ3) is 4.28. The van der Waals surface area contributed by atoms with Gasteiger partial charge in [-0.25, -0.2) is 0 Å². The molecule has 140 valence electrons. The molecule has 0 bridgehead atoms. The van der Waals surface area contributed by atoms with Crippen molar-refractivity contribution in [3.8, 4) is 11.5 Å². The number of carbonyl (C=O) groups is 1. The average molecular weight is 409 g/mol. The van der Waals surface area contributed by atoms with Crippen LogP contribution < -0.4 is 8.92 Å². The zero-order valence-electron chi connectivity index (χ0n) is 13.4. The van der Waals surface area contributed by atoms with Crippen molar-refractivity contribution in [2.75, 3.05) is 7.11 Å². The fraction of sp³-hybridized carbons (Fsp3) is 0.188. The molecular weight excluding hydrogens is 397 g/mol. The number of hydrogen-bond donors (Lipinski definition) is 0. The van der Waals surface area contributed by atoms with Crippen LogP contribution in [0.5, 0.6) is 11.5 Å². The van der Waals surface area contributed by atoms with Gasteiger partial charge in [0.1, 0.15) is 4.90 Å². The van der Waals surface area contributed by atoms with E-state index in [1.54, 1.807) is 0 Å². The molecule has 10 heteroatoms. The first-order valence-corrected chi connectivity index (χ1v) is 8.74. The fourth-order valence-corrected chi connectivity index (χ4v) is 3.43. The number of rotatable bonds is 5. The molecule has 0 aliphatic carbocycles. The molecule has 0 fully saturated rings. The normalized spacial score (nSPS) is 11.9. The Kier molecular flexibility index (Phi) is 5.52. The summed E-state index contributed by atoms with van der Waals surface area (Å²) in [5.41, 5.74) is -0.952. The van der Waals surface area contributed by atoms with Gasteiger partial charge in [-0.1, -0.05) is 11.6 Å². The number of ketones is 1. The molecule has 0 aliphatic heterocycles. The highest BCUT2D eigenvalue weighted by Gasteiger charge is 2.33. The van der Waals surface area contributed by atoms with E-state index in [1.165, 1.54) is 26.2 Å². The van der Waals surface area contributed by atoms with Gasteiger partial charge in [0.2, 0.25) is 0 Å². The van der Waals surface area contributed by atoms with Gasteiger partial charge in [-0.15, -0.1) is 0 Å². The number of Topliss-reactive ketones (excluding diaryl/α,β-unsaturated/α-hetero) is 1. The molecule has 0 heterocycles. The number of carbonyl (C=O) groups excluding carboxylic acids is 1. The summed E-state index contributed by atoms with van der Waals surface area (Å²) < 4.78 is 73.1. The molecule has 5 nitrogen and oxygen atoms in total. The van der Waals surface area contributed by atoms with Crippen molar-refractivity contribution in [2.45, 2.75) is 18.0 Å². The molecule has 2 aromatic carbocycles. The zero-order valence-corrected chi connectivity index (χ0v) is 15.0. The molecular formula is C16H12ClF3O5S. The Morgan fingerprint density at radius 1 is 1.08 bits per heavy atom. The van der Waals surface area contributed by atoms with Crippen LogP contribution in [0.25, 0.3) is 0 Å². The van der Waals surface area contributed by atoms with E-state index in [0.717, 1.165) is 12.1 Å². The number of alkyl halides is 3. The standard InChI is InChI=1S/C16H12ClF3O5S/c1-9(21)10-3-6-13(14(7-10)24-2)25-26(22,23)15-8-11(16(18,19)20)4-5-12(15)17/h3-8H,1-2H3. The largest absolute Gasteiger partial charge is 0.493 e. The van der Waals surface area contributed by atoms with Crippen LogP contribution in [0.15, 0.2) is 41.3 Å². The quantitative estimate of drug-likeness (QED) is 0.543.